The van der Waals surface area contributed by atoms with Crippen LogP contribution in [-0.4, -0.2) is 0 Å². The van der Waals surface area contributed by atoms with E-state index >= 15 is 0 Å². The van der Waals surface area contributed by atoms with Crippen molar-refractivity contribution in [3.8, 4) is 16.9 Å². The molecule has 0 aliphatic carbocycles. The van der Waals surface area contributed by atoms with Gasteiger partial charge in [-0.05, 0) is 71.8 Å². The van der Waals surface area contributed by atoms with Gasteiger partial charge in [0.1, 0.15) is 5.75 Å². The number of ether oxygens (including phenoxy) is 1. The zero-order valence-electron chi connectivity index (χ0n) is 16.3. The molecule has 0 spiro atoms. The Balaban J connectivity index is 1.74. The van der Waals surface area contributed by atoms with Crippen LogP contribution in [-0.2, 0) is 19.0 Å². The molecule has 0 saturated heterocycles. The summed E-state index contributed by atoms with van der Waals surface area (Å²) in [6.45, 7) is 5.70. The lowest BCUT2D eigenvalue weighted by molar-refractivity contribution is -0.185. The minimum atomic E-state index is -3.40. The maximum atomic E-state index is 14.5. The number of rotatable bonds is 8. The molecule has 0 bridgehead atoms. The molecule has 0 saturated carbocycles. The summed E-state index contributed by atoms with van der Waals surface area (Å²) in [5.74, 6) is 0.104. The first-order valence-electron chi connectivity index (χ1n) is 9.59. The van der Waals surface area contributed by atoms with Crippen LogP contribution in [0.2, 0.25) is 5.02 Å². The SMILES string of the molecule is C=CCCc1ccc(-c2ccc(OC(F)(F)c3ccc(CC)cc3)cc2)cc1Cl. The first-order chi connectivity index (χ1) is 13.9. The summed E-state index contributed by atoms with van der Waals surface area (Å²) in [6.07, 6.45) is 0.957. The summed E-state index contributed by atoms with van der Waals surface area (Å²) >= 11 is 6.36. The molecular weight excluding hydrogens is 390 g/mol. The van der Waals surface area contributed by atoms with Gasteiger partial charge < -0.3 is 4.74 Å². The summed E-state index contributed by atoms with van der Waals surface area (Å²) in [4.78, 5) is 0. The van der Waals surface area contributed by atoms with Gasteiger partial charge in [0.25, 0.3) is 0 Å². The van der Waals surface area contributed by atoms with Crippen LogP contribution in [0, 0.1) is 0 Å². The minimum Gasteiger partial charge on any atom is -0.429 e. The van der Waals surface area contributed by atoms with Crippen molar-refractivity contribution < 1.29 is 13.5 Å². The van der Waals surface area contributed by atoms with Crippen LogP contribution in [0.15, 0.2) is 79.4 Å². The summed E-state index contributed by atoms with van der Waals surface area (Å²) in [5.41, 5.74) is 3.70. The topological polar surface area (TPSA) is 9.23 Å². The molecule has 0 aliphatic heterocycles. The van der Waals surface area contributed by atoms with E-state index in [2.05, 4.69) is 6.58 Å². The van der Waals surface area contributed by atoms with Crippen LogP contribution in [0.4, 0.5) is 8.78 Å². The Morgan fingerprint density at radius 3 is 2.21 bits per heavy atom. The van der Waals surface area contributed by atoms with E-state index in [1.54, 1.807) is 36.4 Å². The van der Waals surface area contributed by atoms with Crippen molar-refractivity contribution in [1.82, 2.24) is 0 Å². The molecule has 0 amide bonds. The van der Waals surface area contributed by atoms with Gasteiger partial charge in [0.15, 0.2) is 0 Å². The summed E-state index contributed by atoms with van der Waals surface area (Å²) < 4.78 is 33.9. The van der Waals surface area contributed by atoms with Crippen LogP contribution >= 0.6 is 11.6 Å². The fraction of sp³-hybridized carbons (Fsp3) is 0.200. The van der Waals surface area contributed by atoms with Crippen molar-refractivity contribution in [1.29, 1.82) is 0 Å². The van der Waals surface area contributed by atoms with Gasteiger partial charge in [-0.1, -0.05) is 61.0 Å². The fourth-order valence-electron chi connectivity index (χ4n) is 3.04. The maximum absolute atomic E-state index is 14.5. The van der Waals surface area contributed by atoms with Gasteiger partial charge in [0.2, 0.25) is 0 Å². The summed E-state index contributed by atoms with van der Waals surface area (Å²) in [7, 11) is 0. The largest absolute Gasteiger partial charge is 0.429 e. The fourth-order valence-corrected chi connectivity index (χ4v) is 3.32. The third-order valence-corrected chi connectivity index (χ3v) is 5.15. The van der Waals surface area contributed by atoms with Gasteiger partial charge in [0.05, 0.1) is 5.56 Å². The lowest BCUT2D eigenvalue weighted by Crippen LogP contribution is -2.21. The number of hydrogen-bond acceptors (Lipinski definition) is 1. The van der Waals surface area contributed by atoms with E-state index in [-0.39, 0.29) is 11.3 Å². The number of benzene rings is 3. The summed E-state index contributed by atoms with van der Waals surface area (Å²) in [5, 5.41) is 0.687. The number of halogens is 3. The van der Waals surface area contributed by atoms with E-state index in [1.807, 2.05) is 31.2 Å². The standard InChI is InChI=1S/C25H23ClF2O/c1-3-5-6-20-9-10-21(17-24(20)26)19-11-15-23(16-12-19)29-25(27,28)22-13-7-18(4-2)8-14-22/h3,7-17H,1,4-6H2,2H3. The number of allylic oxidation sites excluding steroid dienone is 1. The van der Waals surface area contributed by atoms with E-state index in [9.17, 15) is 8.78 Å². The highest BCUT2D eigenvalue weighted by Gasteiger charge is 2.34. The second-order valence-corrected chi connectivity index (χ2v) is 7.23. The zero-order chi connectivity index (χ0) is 20.9. The van der Waals surface area contributed by atoms with Crippen LogP contribution in [0.25, 0.3) is 11.1 Å². The normalized spacial score (nSPS) is 11.3. The molecule has 3 aromatic carbocycles. The van der Waals surface area contributed by atoms with Gasteiger partial charge in [-0.2, -0.15) is 8.78 Å². The Kier molecular flexibility index (Phi) is 6.71. The Morgan fingerprint density at radius 1 is 0.966 bits per heavy atom. The van der Waals surface area contributed by atoms with Crippen molar-refractivity contribution in [2.24, 2.45) is 0 Å². The zero-order valence-corrected chi connectivity index (χ0v) is 17.1. The predicted molar refractivity (Wildman–Crippen MR) is 116 cm³/mol. The highest BCUT2D eigenvalue weighted by molar-refractivity contribution is 6.31. The molecule has 29 heavy (non-hydrogen) atoms. The van der Waals surface area contributed by atoms with Crippen LogP contribution in [0.3, 0.4) is 0 Å². The third-order valence-electron chi connectivity index (χ3n) is 4.80. The van der Waals surface area contributed by atoms with E-state index in [0.717, 1.165) is 41.5 Å². The molecule has 0 aromatic heterocycles. The Bertz CT molecular complexity index is 963. The van der Waals surface area contributed by atoms with Gasteiger partial charge in [-0.15, -0.1) is 6.58 Å². The number of alkyl halides is 2. The molecule has 0 unspecified atom stereocenters. The number of aryl methyl sites for hydroxylation is 2. The molecule has 150 valence electrons. The van der Waals surface area contributed by atoms with Crippen LogP contribution in [0.1, 0.15) is 30.0 Å². The van der Waals surface area contributed by atoms with Crippen molar-refractivity contribution in [3.63, 3.8) is 0 Å². The van der Waals surface area contributed by atoms with Crippen LogP contribution < -0.4 is 4.74 Å². The molecule has 1 nitrogen and oxygen atoms in total. The predicted octanol–water partition coefficient (Wildman–Crippen LogP) is 7.82. The highest BCUT2D eigenvalue weighted by atomic mass is 35.5. The first kappa shape index (κ1) is 21.1. The molecule has 3 aromatic rings. The van der Waals surface area contributed by atoms with Crippen molar-refractivity contribution in [2.45, 2.75) is 32.3 Å². The Hall–Kier alpha value is -2.65. The Labute approximate surface area is 175 Å². The first-order valence-corrected chi connectivity index (χ1v) is 9.96. The molecule has 0 N–H and O–H groups in total. The van der Waals surface area contributed by atoms with Crippen molar-refractivity contribution >= 4 is 11.6 Å². The molecule has 0 aliphatic rings. The van der Waals surface area contributed by atoms with E-state index in [1.165, 1.54) is 12.1 Å². The maximum Gasteiger partial charge on any atom is 0.426 e. The van der Waals surface area contributed by atoms with E-state index < -0.39 is 6.11 Å². The summed E-state index contributed by atoms with van der Waals surface area (Å²) in [6, 6.07) is 18.6. The molecular formula is C25H23ClF2O. The number of hydrogen-bond donors (Lipinski definition) is 0. The highest BCUT2D eigenvalue weighted by Crippen LogP contribution is 2.33. The van der Waals surface area contributed by atoms with Crippen molar-refractivity contribution in [3.05, 3.63) is 101 Å². The second-order valence-electron chi connectivity index (χ2n) is 6.83. The minimum absolute atomic E-state index is 0.104. The monoisotopic (exact) mass is 412 g/mol. The average Bonchev–Trinajstić information content (AvgIpc) is 2.73. The molecule has 0 heterocycles. The van der Waals surface area contributed by atoms with Gasteiger partial charge >= 0.3 is 6.11 Å². The molecule has 0 radical (unpaired) electrons. The van der Waals surface area contributed by atoms with Gasteiger partial charge in [0, 0.05) is 5.02 Å². The van der Waals surface area contributed by atoms with E-state index in [0.29, 0.717) is 5.02 Å². The van der Waals surface area contributed by atoms with Gasteiger partial charge in [-0.3, -0.25) is 0 Å². The smallest absolute Gasteiger partial charge is 0.426 e. The lowest BCUT2D eigenvalue weighted by atomic mass is 10.0. The van der Waals surface area contributed by atoms with E-state index in [4.69, 9.17) is 16.3 Å². The third kappa shape index (κ3) is 5.24. The Morgan fingerprint density at radius 2 is 1.62 bits per heavy atom. The van der Waals surface area contributed by atoms with Crippen LogP contribution in [0.5, 0.6) is 5.75 Å². The second kappa shape index (κ2) is 9.23. The lowest BCUT2D eigenvalue weighted by Gasteiger charge is -2.19. The van der Waals surface area contributed by atoms with Gasteiger partial charge in [-0.25, -0.2) is 0 Å². The molecule has 0 fully saturated rings. The molecule has 4 heteroatoms. The molecule has 0 atom stereocenters. The average molecular weight is 413 g/mol. The quantitative estimate of drug-likeness (QED) is 0.343. The van der Waals surface area contributed by atoms with Crippen molar-refractivity contribution in [2.75, 3.05) is 0 Å². The molecule has 3 rings (SSSR count).